The van der Waals surface area contributed by atoms with Crippen LogP contribution in [0.15, 0.2) is 54.6 Å². The number of thiocarbonyl (C=S) groups is 1. The second-order valence-electron chi connectivity index (χ2n) is 7.10. The Hall–Kier alpha value is -2.70. The van der Waals surface area contributed by atoms with Crippen molar-refractivity contribution >= 4 is 39.6 Å². The zero-order chi connectivity index (χ0) is 21.7. The highest BCUT2D eigenvalue weighted by Gasteiger charge is 2.19. The van der Waals surface area contributed by atoms with E-state index in [0.717, 1.165) is 16.0 Å². The third-order valence-electron chi connectivity index (χ3n) is 4.89. The lowest BCUT2D eigenvalue weighted by Crippen LogP contribution is -2.31. The fourth-order valence-corrected chi connectivity index (χ4v) is 4.44. The van der Waals surface area contributed by atoms with Crippen LogP contribution in [-0.4, -0.2) is 17.7 Å². The van der Waals surface area contributed by atoms with Crippen LogP contribution in [0, 0.1) is 13.8 Å². The van der Waals surface area contributed by atoms with Crippen LogP contribution in [-0.2, 0) is 4.74 Å². The maximum Gasteiger partial charge on any atom is 0.341 e. The van der Waals surface area contributed by atoms with Gasteiger partial charge < -0.3 is 15.4 Å². The Kier molecular flexibility index (Phi) is 7.24. The summed E-state index contributed by atoms with van der Waals surface area (Å²) in [5.74, 6) is -0.358. The first-order valence-corrected chi connectivity index (χ1v) is 11.1. The quantitative estimate of drug-likeness (QED) is 0.352. The van der Waals surface area contributed by atoms with Gasteiger partial charge in [-0.05, 0) is 68.2 Å². The average molecular weight is 439 g/mol. The minimum atomic E-state index is -0.358. The van der Waals surface area contributed by atoms with Crippen LogP contribution in [0.4, 0.5) is 5.00 Å². The molecule has 6 heteroatoms. The van der Waals surface area contributed by atoms with E-state index in [-0.39, 0.29) is 12.0 Å². The molecule has 30 heavy (non-hydrogen) atoms. The van der Waals surface area contributed by atoms with Gasteiger partial charge in [-0.3, -0.25) is 0 Å². The monoisotopic (exact) mass is 438 g/mol. The summed E-state index contributed by atoms with van der Waals surface area (Å²) in [6.07, 6.45) is 0. The number of carbonyl (C=O) groups is 1. The predicted molar refractivity (Wildman–Crippen MR) is 129 cm³/mol. The Morgan fingerprint density at radius 1 is 1.10 bits per heavy atom. The molecule has 3 rings (SSSR count). The minimum absolute atomic E-state index is 0.0314. The van der Waals surface area contributed by atoms with Crippen molar-refractivity contribution in [3.8, 4) is 10.4 Å². The fourth-order valence-electron chi connectivity index (χ4n) is 3.04. The Balaban J connectivity index is 1.79. The van der Waals surface area contributed by atoms with Crippen LogP contribution in [0.1, 0.15) is 46.9 Å². The number of nitrogens with one attached hydrogen (secondary N) is 2. The number of hydrogen-bond donors (Lipinski definition) is 2. The molecule has 0 aliphatic heterocycles. The Bertz CT molecular complexity index is 1040. The van der Waals surface area contributed by atoms with Crippen molar-refractivity contribution in [2.75, 3.05) is 11.9 Å². The van der Waals surface area contributed by atoms with Crippen LogP contribution in [0.5, 0.6) is 0 Å². The third kappa shape index (κ3) is 5.26. The zero-order valence-corrected chi connectivity index (χ0v) is 19.2. The summed E-state index contributed by atoms with van der Waals surface area (Å²) in [5.41, 5.74) is 5.20. The lowest BCUT2D eigenvalue weighted by atomic mass is 10.0. The Morgan fingerprint density at radius 3 is 2.50 bits per heavy atom. The first-order valence-electron chi connectivity index (χ1n) is 9.90. The average Bonchev–Trinajstić information content (AvgIpc) is 3.14. The van der Waals surface area contributed by atoms with Gasteiger partial charge in [0.1, 0.15) is 5.00 Å². The molecule has 156 valence electrons. The molecule has 1 atom stereocenters. The first-order chi connectivity index (χ1) is 14.4. The smallest absolute Gasteiger partial charge is 0.341 e. The fraction of sp³-hybridized carbons (Fsp3) is 0.250. The Morgan fingerprint density at radius 2 is 1.83 bits per heavy atom. The van der Waals surface area contributed by atoms with Crippen molar-refractivity contribution in [2.24, 2.45) is 0 Å². The molecule has 0 amide bonds. The summed E-state index contributed by atoms with van der Waals surface area (Å²) in [5, 5.41) is 7.66. The molecule has 2 aromatic carbocycles. The summed E-state index contributed by atoms with van der Waals surface area (Å²) < 4.78 is 5.24. The van der Waals surface area contributed by atoms with Gasteiger partial charge in [0, 0.05) is 4.88 Å². The standard InChI is InChI=1S/C24H26N2O2S2/c1-5-28-23(27)20-14-21(18-9-7-6-8-10-18)30-22(20)26-24(29)25-17(4)19-12-11-15(2)16(3)13-19/h6-14,17H,5H2,1-4H3,(H2,25,26,29). The van der Waals surface area contributed by atoms with Crippen LogP contribution >= 0.6 is 23.6 Å². The van der Waals surface area contributed by atoms with Gasteiger partial charge in [0.2, 0.25) is 0 Å². The van der Waals surface area contributed by atoms with Crippen LogP contribution in [0.2, 0.25) is 0 Å². The molecule has 1 heterocycles. The van der Waals surface area contributed by atoms with E-state index in [9.17, 15) is 4.79 Å². The van der Waals surface area contributed by atoms with Gasteiger partial charge in [-0.2, -0.15) is 0 Å². The summed E-state index contributed by atoms with van der Waals surface area (Å²) in [6, 6.07) is 18.2. The molecule has 0 fully saturated rings. The zero-order valence-electron chi connectivity index (χ0n) is 17.6. The second-order valence-corrected chi connectivity index (χ2v) is 8.56. The maximum atomic E-state index is 12.5. The van der Waals surface area contributed by atoms with Gasteiger partial charge in [-0.1, -0.05) is 48.5 Å². The SMILES string of the molecule is CCOC(=O)c1cc(-c2ccccc2)sc1NC(=S)NC(C)c1ccc(C)c(C)c1. The maximum absolute atomic E-state index is 12.5. The topological polar surface area (TPSA) is 50.4 Å². The number of hydrogen-bond acceptors (Lipinski definition) is 4. The van der Waals surface area contributed by atoms with Crippen LogP contribution in [0.25, 0.3) is 10.4 Å². The highest BCUT2D eigenvalue weighted by atomic mass is 32.1. The predicted octanol–water partition coefficient (Wildman–Crippen LogP) is 6.26. The largest absolute Gasteiger partial charge is 0.462 e. The van der Waals surface area contributed by atoms with Crippen molar-refractivity contribution in [3.63, 3.8) is 0 Å². The number of benzene rings is 2. The van der Waals surface area contributed by atoms with E-state index < -0.39 is 0 Å². The van der Waals surface area contributed by atoms with Gasteiger partial charge >= 0.3 is 5.97 Å². The number of thiophene rings is 1. The molecule has 4 nitrogen and oxygen atoms in total. The highest BCUT2D eigenvalue weighted by Crippen LogP contribution is 2.36. The number of carbonyl (C=O) groups excluding carboxylic acids is 1. The minimum Gasteiger partial charge on any atom is -0.462 e. The van der Waals surface area contributed by atoms with Crippen molar-refractivity contribution in [2.45, 2.75) is 33.7 Å². The second kappa shape index (κ2) is 9.87. The van der Waals surface area contributed by atoms with E-state index >= 15 is 0 Å². The van der Waals surface area contributed by atoms with E-state index in [4.69, 9.17) is 17.0 Å². The van der Waals surface area contributed by atoms with Gasteiger partial charge in [0.15, 0.2) is 5.11 Å². The number of rotatable bonds is 6. The number of esters is 1. The third-order valence-corrected chi connectivity index (χ3v) is 6.21. The molecule has 0 saturated carbocycles. The van der Waals surface area contributed by atoms with Gasteiger partial charge in [-0.25, -0.2) is 4.79 Å². The highest BCUT2D eigenvalue weighted by molar-refractivity contribution is 7.80. The van der Waals surface area contributed by atoms with Crippen molar-refractivity contribution in [1.82, 2.24) is 5.32 Å². The van der Waals surface area contributed by atoms with Crippen molar-refractivity contribution in [3.05, 3.63) is 76.9 Å². The molecule has 3 aromatic rings. The molecule has 2 N–H and O–H groups in total. The van der Waals surface area contributed by atoms with Crippen molar-refractivity contribution in [1.29, 1.82) is 0 Å². The van der Waals surface area contributed by atoms with Gasteiger partial charge in [0.25, 0.3) is 0 Å². The normalized spacial score (nSPS) is 11.6. The van der Waals surface area contributed by atoms with Crippen LogP contribution < -0.4 is 10.6 Å². The lowest BCUT2D eigenvalue weighted by Gasteiger charge is -2.18. The number of aryl methyl sites for hydroxylation is 2. The number of anilines is 1. The summed E-state index contributed by atoms with van der Waals surface area (Å²) in [7, 11) is 0. The molecule has 1 unspecified atom stereocenters. The molecule has 0 bridgehead atoms. The molecular formula is C24H26N2O2S2. The first kappa shape index (κ1) is 22.0. The van der Waals surface area contributed by atoms with Crippen LogP contribution in [0.3, 0.4) is 0 Å². The molecule has 0 spiro atoms. The molecular weight excluding hydrogens is 412 g/mol. The summed E-state index contributed by atoms with van der Waals surface area (Å²) >= 11 is 7.02. The number of ether oxygens (including phenoxy) is 1. The van der Waals surface area contributed by atoms with E-state index in [0.29, 0.717) is 22.3 Å². The lowest BCUT2D eigenvalue weighted by molar-refractivity contribution is 0.0528. The van der Waals surface area contributed by atoms with E-state index in [1.807, 2.05) is 36.4 Å². The van der Waals surface area contributed by atoms with E-state index in [2.05, 4.69) is 49.6 Å². The van der Waals surface area contributed by atoms with E-state index in [1.165, 1.54) is 22.5 Å². The molecule has 0 aliphatic rings. The van der Waals surface area contributed by atoms with E-state index in [1.54, 1.807) is 6.92 Å². The summed E-state index contributed by atoms with van der Waals surface area (Å²) in [6.45, 7) is 8.38. The molecule has 0 saturated heterocycles. The molecule has 1 aromatic heterocycles. The van der Waals surface area contributed by atoms with Crippen molar-refractivity contribution < 1.29 is 9.53 Å². The molecule has 0 radical (unpaired) electrons. The van der Waals surface area contributed by atoms with Gasteiger partial charge in [-0.15, -0.1) is 11.3 Å². The molecule has 0 aliphatic carbocycles. The summed E-state index contributed by atoms with van der Waals surface area (Å²) in [4.78, 5) is 13.5. The van der Waals surface area contributed by atoms with Gasteiger partial charge in [0.05, 0.1) is 18.2 Å². The Labute approximate surface area is 187 Å².